The van der Waals surface area contributed by atoms with E-state index in [4.69, 9.17) is 0 Å². The Bertz CT molecular complexity index is 218. The fourth-order valence-corrected chi connectivity index (χ4v) is 0.498. The lowest BCUT2D eigenvalue weighted by atomic mass is 10.5. The first-order valence-corrected chi connectivity index (χ1v) is 3.67. The van der Waals surface area contributed by atoms with Gasteiger partial charge in [-0.05, 0) is 13.1 Å². The third-order valence-corrected chi connectivity index (χ3v) is 1.07. The molecule has 0 fully saturated rings. The van der Waals surface area contributed by atoms with E-state index in [1.807, 2.05) is 6.92 Å². The third kappa shape index (κ3) is 4.38. The Morgan fingerprint density at radius 2 is 2.33 bits per heavy atom. The average Bonchev–Trinajstić information content (AvgIpc) is 2.11. The lowest BCUT2D eigenvalue weighted by Crippen LogP contribution is -2.14. The summed E-state index contributed by atoms with van der Waals surface area (Å²) < 4.78 is 0. The highest BCUT2D eigenvalue weighted by Crippen LogP contribution is 1.95. The Morgan fingerprint density at radius 3 is 2.75 bits per heavy atom. The molecule has 0 saturated heterocycles. The zero-order chi connectivity index (χ0) is 9.40. The molecule has 0 heterocycles. The van der Waals surface area contributed by atoms with E-state index in [0.29, 0.717) is 5.82 Å². The van der Waals surface area contributed by atoms with E-state index in [1.54, 1.807) is 13.3 Å². The van der Waals surface area contributed by atoms with Gasteiger partial charge in [0.2, 0.25) is 5.91 Å². The molecule has 4 nitrogen and oxygen atoms in total. The van der Waals surface area contributed by atoms with Gasteiger partial charge in [0.1, 0.15) is 0 Å². The normalized spacial score (nSPS) is 11.7. The minimum absolute atomic E-state index is 0.231. The van der Waals surface area contributed by atoms with Gasteiger partial charge in [-0.1, -0.05) is 6.92 Å². The summed E-state index contributed by atoms with van der Waals surface area (Å²) in [7, 11) is 1.54. The molecule has 1 amide bonds. The van der Waals surface area contributed by atoms with E-state index in [0.717, 1.165) is 6.42 Å². The first kappa shape index (κ1) is 10.6. The number of rotatable bonds is 4. The summed E-state index contributed by atoms with van der Waals surface area (Å²) in [5.41, 5.74) is 0. The van der Waals surface area contributed by atoms with E-state index in [9.17, 15) is 4.79 Å². The van der Waals surface area contributed by atoms with Crippen LogP contribution in [-0.2, 0) is 4.79 Å². The molecule has 0 aliphatic rings. The van der Waals surface area contributed by atoms with Crippen LogP contribution < -0.4 is 5.32 Å². The number of nitrogens with one attached hydrogen (secondary N) is 1. The molecular formula is C8H13N3O. The van der Waals surface area contributed by atoms with Crippen LogP contribution in [0.5, 0.6) is 0 Å². The predicted molar refractivity (Wildman–Crippen MR) is 50.5 cm³/mol. The van der Waals surface area contributed by atoms with Crippen molar-refractivity contribution >= 4 is 18.8 Å². The largest absolute Gasteiger partial charge is 0.356 e. The van der Waals surface area contributed by atoms with E-state index >= 15 is 0 Å². The second kappa shape index (κ2) is 6.27. The summed E-state index contributed by atoms with van der Waals surface area (Å²) in [6.07, 6.45) is 3.77. The van der Waals surface area contributed by atoms with Crippen LogP contribution in [0.4, 0.5) is 0 Å². The summed E-state index contributed by atoms with van der Waals surface area (Å²) in [5.74, 6) is 0.0989. The molecule has 0 aromatic carbocycles. The molecule has 0 saturated carbocycles. The second-order valence-electron chi connectivity index (χ2n) is 1.99. The van der Waals surface area contributed by atoms with Crippen LogP contribution in [0.1, 0.15) is 13.3 Å². The summed E-state index contributed by atoms with van der Waals surface area (Å²) in [6.45, 7) is 5.24. The molecule has 0 aliphatic heterocycles. The van der Waals surface area contributed by atoms with Crippen molar-refractivity contribution in [1.82, 2.24) is 5.32 Å². The van der Waals surface area contributed by atoms with Crippen molar-refractivity contribution in [2.75, 3.05) is 7.05 Å². The van der Waals surface area contributed by atoms with Gasteiger partial charge in [-0.3, -0.25) is 4.79 Å². The molecule has 0 rings (SSSR count). The quantitative estimate of drug-likeness (QED) is 0.487. The molecule has 66 valence electrons. The van der Waals surface area contributed by atoms with Crippen molar-refractivity contribution < 1.29 is 4.79 Å². The number of carbonyl (C=O) groups excluding carboxylic acids is 1. The Labute approximate surface area is 72.1 Å². The van der Waals surface area contributed by atoms with Gasteiger partial charge in [-0.2, -0.15) is 0 Å². The van der Waals surface area contributed by atoms with E-state index in [1.165, 1.54) is 6.08 Å². The summed E-state index contributed by atoms with van der Waals surface area (Å²) in [6, 6.07) is 0. The molecular weight excluding hydrogens is 154 g/mol. The molecule has 1 N–H and O–H groups in total. The Morgan fingerprint density at radius 1 is 1.67 bits per heavy atom. The van der Waals surface area contributed by atoms with Gasteiger partial charge in [0, 0.05) is 19.3 Å². The van der Waals surface area contributed by atoms with Crippen molar-refractivity contribution in [2.24, 2.45) is 9.98 Å². The van der Waals surface area contributed by atoms with E-state index in [-0.39, 0.29) is 5.91 Å². The molecule has 0 aliphatic carbocycles. The van der Waals surface area contributed by atoms with Crippen molar-refractivity contribution in [3.63, 3.8) is 0 Å². The van der Waals surface area contributed by atoms with Gasteiger partial charge >= 0.3 is 0 Å². The third-order valence-electron chi connectivity index (χ3n) is 1.07. The van der Waals surface area contributed by atoms with Gasteiger partial charge in [-0.15, -0.1) is 0 Å². The lowest BCUT2D eigenvalue weighted by molar-refractivity contribution is -0.116. The Hall–Kier alpha value is -1.45. The number of amides is 1. The fourth-order valence-electron chi connectivity index (χ4n) is 0.498. The first-order chi connectivity index (χ1) is 5.74. The molecule has 0 unspecified atom stereocenters. The van der Waals surface area contributed by atoms with Crippen LogP contribution in [0.15, 0.2) is 21.9 Å². The number of hydrogen-bond acceptors (Lipinski definition) is 3. The highest BCUT2D eigenvalue weighted by Gasteiger charge is 1.93. The highest BCUT2D eigenvalue weighted by molar-refractivity contribution is 5.88. The van der Waals surface area contributed by atoms with Crippen molar-refractivity contribution in [3.05, 3.63) is 11.9 Å². The highest BCUT2D eigenvalue weighted by atomic mass is 16.1. The Balaban J connectivity index is 4.32. The van der Waals surface area contributed by atoms with Gasteiger partial charge in [-0.25, -0.2) is 9.98 Å². The average molecular weight is 167 g/mol. The maximum absolute atomic E-state index is 10.8. The minimum atomic E-state index is -0.231. The molecule has 0 radical (unpaired) electrons. The van der Waals surface area contributed by atoms with Crippen molar-refractivity contribution in [3.8, 4) is 0 Å². The molecule has 0 aromatic rings. The molecule has 0 bridgehead atoms. The number of carbonyl (C=O) groups is 1. The van der Waals surface area contributed by atoms with Gasteiger partial charge in [0.05, 0.1) is 0 Å². The molecule has 0 atom stereocenters. The van der Waals surface area contributed by atoms with Crippen LogP contribution in [0.2, 0.25) is 0 Å². The molecule has 12 heavy (non-hydrogen) atoms. The fraction of sp³-hybridized carbons (Fsp3) is 0.375. The lowest BCUT2D eigenvalue weighted by Gasteiger charge is -1.92. The first-order valence-electron chi connectivity index (χ1n) is 3.67. The SMILES string of the molecule is C=N/C(=C/C(=O)NC)N=CCC. The molecule has 4 heteroatoms. The number of nitrogens with zero attached hydrogens (tertiary/aromatic N) is 2. The predicted octanol–water partition coefficient (Wildman–Crippen LogP) is 0.755. The number of likely N-dealkylation sites (N-methyl/N-ethyl adjacent to an activating group) is 1. The van der Waals surface area contributed by atoms with Crippen molar-refractivity contribution in [2.45, 2.75) is 13.3 Å². The summed E-state index contributed by atoms with van der Waals surface area (Å²) in [5, 5.41) is 2.43. The minimum Gasteiger partial charge on any atom is -0.356 e. The van der Waals surface area contributed by atoms with Crippen molar-refractivity contribution in [1.29, 1.82) is 0 Å². The van der Waals surface area contributed by atoms with Crippen LogP contribution in [0, 0.1) is 0 Å². The van der Waals surface area contributed by atoms with Crippen LogP contribution in [0.25, 0.3) is 0 Å². The van der Waals surface area contributed by atoms with E-state index in [2.05, 4.69) is 22.0 Å². The maximum Gasteiger partial charge on any atom is 0.247 e. The van der Waals surface area contributed by atoms with Gasteiger partial charge < -0.3 is 5.32 Å². The number of hydrogen-bond donors (Lipinski definition) is 1. The van der Waals surface area contributed by atoms with Gasteiger partial charge in [0.25, 0.3) is 0 Å². The summed E-state index contributed by atoms with van der Waals surface area (Å²) in [4.78, 5) is 18.3. The topological polar surface area (TPSA) is 53.8 Å². The molecule has 0 aromatic heterocycles. The molecule has 0 spiro atoms. The summed E-state index contributed by atoms with van der Waals surface area (Å²) >= 11 is 0. The smallest absolute Gasteiger partial charge is 0.247 e. The van der Waals surface area contributed by atoms with Crippen LogP contribution in [-0.4, -0.2) is 25.9 Å². The number of aliphatic imine (C=N–C) groups is 2. The standard InChI is InChI=1S/C8H13N3O/c1-4-5-11-7(9-2)6-8(12)10-3/h5-6H,2,4H2,1,3H3,(H,10,12)/b7-6-,11-5?. The Kier molecular flexibility index (Phi) is 5.51. The van der Waals surface area contributed by atoms with Gasteiger partial charge in [0.15, 0.2) is 5.82 Å². The van der Waals surface area contributed by atoms with E-state index < -0.39 is 0 Å². The zero-order valence-electron chi connectivity index (χ0n) is 7.37. The zero-order valence-corrected chi connectivity index (χ0v) is 7.37. The van der Waals surface area contributed by atoms with Crippen LogP contribution >= 0.6 is 0 Å². The second-order valence-corrected chi connectivity index (χ2v) is 1.99. The van der Waals surface area contributed by atoms with Crippen LogP contribution in [0.3, 0.4) is 0 Å². The maximum atomic E-state index is 10.8. The monoisotopic (exact) mass is 167 g/mol.